The Balaban J connectivity index is 1.33. The van der Waals surface area contributed by atoms with Crippen molar-refractivity contribution in [3.05, 3.63) is 58.2 Å². The van der Waals surface area contributed by atoms with Crippen LogP contribution in [0, 0.1) is 13.8 Å². The van der Waals surface area contributed by atoms with Crippen LogP contribution in [-0.2, 0) is 13.0 Å². The van der Waals surface area contributed by atoms with Crippen molar-refractivity contribution >= 4 is 28.5 Å². The Morgan fingerprint density at radius 2 is 1.81 bits per heavy atom. The number of fused-ring (bicyclic) bond motifs is 1. The molecule has 4 aromatic heterocycles. The lowest BCUT2D eigenvalue weighted by Gasteiger charge is -2.11. The second-order valence-electron chi connectivity index (χ2n) is 7.20. The highest BCUT2D eigenvalue weighted by molar-refractivity contribution is 6.30. The number of pyridine rings is 2. The molecular weight excluding hydrogens is 432 g/mol. The first-order valence-electron chi connectivity index (χ1n) is 10.2. The maximum absolute atomic E-state index is 6.26. The minimum atomic E-state index is 0.224. The molecule has 10 heteroatoms. The summed E-state index contributed by atoms with van der Waals surface area (Å²) in [5, 5.41) is 7.50. The molecule has 0 amide bonds. The smallest absolute Gasteiger partial charge is 0.319 e. The summed E-state index contributed by atoms with van der Waals surface area (Å²) in [5.41, 5.74) is 4.10. The molecule has 0 spiro atoms. The zero-order valence-corrected chi connectivity index (χ0v) is 18.8. The fraction of sp³-hybridized carbons (Fsp3) is 0.318. The number of rotatable bonds is 9. The van der Waals surface area contributed by atoms with Crippen LogP contribution in [-0.4, -0.2) is 38.8 Å². The zero-order chi connectivity index (χ0) is 22.5. The van der Waals surface area contributed by atoms with E-state index in [4.69, 9.17) is 25.6 Å². The summed E-state index contributed by atoms with van der Waals surface area (Å²) in [7, 11) is 1.59. The fourth-order valence-electron chi connectivity index (χ4n) is 3.09. The lowest BCUT2D eigenvalue weighted by atomic mass is 10.2. The van der Waals surface area contributed by atoms with Crippen molar-refractivity contribution in [3.63, 3.8) is 0 Å². The van der Waals surface area contributed by atoms with Gasteiger partial charge in [0.05, 0.1) is 31.3 Å². The number of ether oxygens (including phenoxy) is 2. The topological polar surface area (TPSA) is 108 Å². The number of hydrogen-bond donors (Lipinski definition) is 1. The van der Waals surface area contributed by atoms with Crippen LogP contribution < -0.4 is 14.8 Å². The molecular formula is C22H23ClN6O3. The zero-order valence-electron chi connectivity index (χ0n) is 18.1. The van der Waals surface area contributed by atoms with E-state index in [-0.39, 0.29) is 6.01 Å². The summed E-state index contributed by atoms with van der Waals surface area (Å²) in [6.07, 6.45) is 1.50. The van der Waals surface area contributed by atoms with Gasteiger partial charge in [-0.15, -0.1) is 0 Å². The summed E-state index contributed by atoms with van der Waals surface area (Å²) in [6.45, 7) is 4.58. The second kappa shape index (κ2) is 9.78. The van der Waals surface area contributed by atoms with Gasteiger partial charge in [-0.2, -0.15) is 9.97 Å². The summed E-state index contributed by atoms with van der Waals surface area (Å²) >= 11 is 6.26. The standard InChI is InChI=1S/C22H23ClN6O3/c1-13-11-16(29-32-13)12-24-21-14(2)20(23)27-22(28-21)31-10-4-5-15-6-7-18-17(25-15)8-9-19(26-18)30-3/h6-9,11H,4-5,10,12H2,1-3H3,(H,24,27,28). The van der Waals surface area contributed by atoms with Gasteiger partial charge in [0.25, 0.3) is 0 Å². The number of nitrogens with zero attached hydrogens (tertiary/aromatic N) is 5. The number of methoxy groups -OCH3 is 1. The van der Waals surface area contributed by atoms with Gasteiger partial charge in [0.15, 0.2) is 0 Å². The van der Waals surface area contributed by atoms with Gasteiger partial charge in [-0.1, -0.05) is 16.8 Å². The largest absolute Gasteiger partial charge is 0.481 e. The van der Waals surface area contributed by atoms with Crippen molar-refractivity contribution in [2.75, 3.05) is 19.0 Å². The second-order valence-corrected chi connectivity index (χ2v) is 7.56. The van der Waals surface area contributed by atoms with Crippen LogP contribution in [0.15, 0.2) is 34.9 Å². The van der Waals surface area contributed by atoms with E-state index in [1.807, 2.05) is 38.1 Å². The van der Waals surface area contributed by atoms with E-state index in [9.17, 15) is 0 Å². The SMILES string of the molecule is COc1ccc2nc(CCCOc3nc(Cl)c(C)c(NCc4cc(C)on4)n3)ccc2n1. The van der Waals surface area contributed by atoms with Crippen LogP contribution in [0.1, 0.15) is 29.1 Å². The summed E-state index contributed by atoms with van der Waals surface area (Å²) in [4.78, 5) is 17.7. The van der Waals surface area contributed by atoms with E-state index < -0.39 is 0 Å². The van der Waals surface area contributed by atoms with E-state index >= 15 is 0 Å². The van der Waals surface area contributed by atoms with Gasteiger partial charge in [0.2, 0.25) is 5.88 Å². The van der Waals surface area contributed by atoms with E-state index in [1.54, 1.807) is 13.2 Å². The number of anilines is 1. The average molecular weight is 455 g/mol. The molecule has 32 heavy (non-hydrogen) atoms. The Labute approximate surface area is 190 Å². The molecule has 4 heterocycles. The Morgan fingerprint density at radius 1 is 1.00 bits per heavy atom. The number of nitrogens with one attached hydrogen (secondary N) is 1. The van der Waals surface area contributed by atoms with Crippen molar-refractivity contribution in [1.29, 1.82) is 0 Å². The third-order valence-electron chi connectivity index (χ3n) is 4.77. The Morgan fingerprint density at radius 3 is 2.59 bits per heavy atom. The first-order chi connectivity index (χ1) is 15.5. The van der Waals surface area contributed by atoms with E-state index in [2.05, 4.69) is 30.4 Å². The molecule has 0 aromatic carbocycles. The quantitative estimate of drug-likeness (QED) is 0.292. The van der Waals surface area contributed by atoms with E-state index in [0.717, 1.165) is 46.6 Å². The molecule has 0 unspecified atom stereocenters. The molecule has 0 radical (unpaired) electrons. The van der Waals surface area contributed by atoms with Gasteiger partial charge in [-0.3, -0.25) is 4.98 Å². The van der Waals surface area contributed by atoms with Crippen LogP contribution in [0.3, 0.4) is 0 Å². The third-order valence-corrected chi connectivity index (χ3v) is 5.14. The van der Waals surface area contributed by atoms with Crippen LogP contribution in [0.4, 0.5) is 5.82 Å². The van der Waals surface area contributed by atoms with E-state index in [0.29, 0.717) is 30.0 Å². The molecule has 9 nitrogen and oxygen atoms in total. The minimum Gasteiger partial charge on any atom is -0.481 e. The summed E-state index contributed by atoms with van der Waals surface area (Å²) in [5.74, 6) is 1.92. The lowest BCUT2D eigenvalue weighted by Crippen LogP contribution is -2.08. The maximum Gasteiger partial charge on any atom is 0.319 e. The average Bonchev–Trinajstić information content (AvgIpc) is 3.22. The van der Waals surface area contributed by atoms with Crippen molar-refractivity contribution in [1.82, 2.24) is 25.1 Å². The molecule has 0 aliphatic rings. The van der Waals surface area contributed by atoms with Crippen LogP contribution >= 0.6 is 11.6 Å². The van der Waals surface area contributed by atoms with Gasteiger partial charge in [-0.25, -0.2) is 4.98 Å². The molecule has 0 aliphatic carbocycles. The van der Waals surface area contributed by atoms with Crippen LogP contribution in [0.25, 0.3) is 11.0 Å². The number of aromatic nitrogens is 5. The molecule has 0 aliphatic heterocycles. The normalized spacial score (nSPS) is 11.0. The molecule has 0 saturated heterocycles. The molecule has 0 fully saturated rings. The first-order valence-corrected chi connectivity index (χ1v) is 10.5. The molecule has 166 valence electrons. The molecule has 0 atom stereocenters. The van der Waals surface area contributed by atoms with Crippen molar-refractivity contribution in [3.8, 4) is 11.9 Å². The van der Waals surface area contributed by atoms with Crippen molar-refractivity contribution < 1.29 is 14.0 Å². The van der Waals surface area contributed by atoms with Gasteiger partial charge in [-0.05, 0) is 44.9 Å². The lowest BCUT2D eigenvalue weighted by molar-refractivity contribution is 0.286. The van der Waals surface area contributed by atoms with E-state index in [1.165, 1.54) is 0 Å². The predicted molar refractivity (Wildman–Crippen MR) is 120 cm³/mol. The number of aryl methyl sites for hydroxylation is 2. The van der Waals surface area contributed by atoms with Gasteiger partial charge < -0.3 is 19.3 Å². The number of hydrogen-bond acceptors (Lipinski definition) is 9. The van der Waals surface area contributed by atoms with Gasteiger partial charge >= 0.3 is 6.01 Å². The Kier molecular flexibility index (Phi) is 6.65. The van der Waals surface area contributed by atoms with Crippen LogP contribution in [0.2, 0.25) is 5.15 Å². The van der Waals surface area contributed by atoms with Gasteiger partial charge in [0, 0.05) is 23.4 Å². The highest BCUT2D eigenvalue weighted by atomic mass is 35.5. The molecule has 4 aromatic rings. The fourth-order valence-corrected chi connectivity index (χ4v) is 3.25. The minimum absolute atomic E-state index is 0.224. The van der Waals surface area contributed by atoms with Gasteiger partial charge in [0.1, 0.15) is 22.4 Å². The van der Waals surface area contributed by atoms with Crippen molar-refractivity contribution in [2.45, 2.75) is 33.2 Å². The monoisotopic (exact) mass is 454 g/mol. The molecule has 4 rings (SSSR count). The first kappa shape index (κ1) is 21.8. The highest BCUT2D eigenvalue weighted by Crippen LogP contribution is 2.23. The summed E-state index contributed by atoms with van der Waals surface area (Å²) in [6, 6.07) is 9.69. The van der Waals surface area contributed by atoms with Crippen LogP contribution in [0.5, 0.6) is 11.9 Å². The Hall–Kier alpha value is -3.46. The third kappa shape index (κ3) is 5.23. The molecule has 0 bridgehead atoms. The number of halogens is 1. The molecule has 1 N–H and O–H groups in total. The predicted octanol–water partition coefficient (Wildman–Crippen LogP) is 4.31. The van der Waals surface area contributed by atoms with Crippen molar-refractivity contribution in [2.24, 2.45) is 0 Å². The highest BCUT2D eigenvalue weighted by Gasteiger charge is 2.11. The summed E-state index contributed by atoms with van der Waals surface area (Å²) < 4.78 is 16.0. The maximum atomic E-state index is 6.26. The molecule has 0 saturated carbocycles. The Bertz CT molecular complexity index is 1230.